The van der Waals surface area contributed by atoms with Gasteiger partial charge in [0.15, 0.2) is 0 Å². The topological polar surface area (TPSA) is 123 Å². The molecule has 0 saturated carbocycles. The van der Waals surface area contributed by atoms with Crippen molar-refractivity contribution in [1.82, 2.24) is 5.16 Å². The van der Waals surface area contributed by atoms with Crippen LogP contribution in [0.5, 0.6) is 0 Å². The molecule has 0 saturated heterocycles. The average Bonchev–Trinajstić information content (AvgIpc) is 3.33. The molecule has 0 unspecified atom stereocenters. The number of halogens is 1. The lowest BCUT2D eigenvalue weighted by atomic mass is 10.0. The summed E-state index contributed by atoms with van der Waals surface area (Å²) in [7, 11) is -2.63. The van der Waals surface area contributed by atoms with Crippen LogP contribution in [-0.4, -0.2) is 38.1 Å². The molecule has 0 fully saturated rings. The van der Waals surface area contributed by atoms with Crippen LogP contribution in [0.2, 0.25) is 5.02 Å². The number of aromatic nitrogens is 1. The smallest absolute Gasteiger partial charge is 0.263 e. The molecule has 1 aromatic heterocycles. The highest BCUT2D eigenvalue weighted by atomic mass is 35.5. The number of sulfonamides is 1. The molecule has 2 aromatic rings. The summed E-state index contributed by atoms with van der Waals surface area (Å²) in [5.41, 5.74) is 3.96. The summed E-state index contributed by atoms with van der Waals surface area (Å²) in [6, 6.07) is 3.80. The van der Waals surface area contributed by atoms with E-state index >= 15 is 0 Å². The second kappa shape index (κ2) is 9.55. The van der Waals surface area contributed by atoms with Gasteiger partial charge in [-0.1, -0.05) is 33.5 Å². The molecule has 32 heavy (non-hydrogen) atoms. The normalized spacial score (nSPS) is 14.6. The maximum atomic E-state index is 13.2. The van der Waals surface area contributed by atoms with E-state index in [2.05, 4.69) is 20.4 Å². The van der Waals surface area contributed by atoms with Gasteiger partial charge in [-0.3, -0.25) is 4.79 Å². The Bertz CT molecular complexity index is 1230. The van der Waals surface area contributed by atoms with Gasteiger partial charge in [-0.15, -0.1) is 11.8 Å². The fourth-order valence-corrected chi connectivity index (χ4v) is 6.25. The third kappa shape index (κ3) is 4.94. The SMILES string of the molecule is CO/N=C(\C)c1cc(C)cc(C)c1NC(=O)C1=C(S(=O)(=O)Nc2onc(C)c2Cl)CCS1. The Morgan fingerprint density at radius 1 is 1.31 bits per heavy atom. The fraction of sp³-hybridized carbons (Fsp3) is 0.350. The highest BCUT2D eigenvalue weighted by Crippen LogP contribution is 2.37. The van der Waals surface area contributed by atoms with Gasteiger partial charge in [0, 0.05) is 11.3 Å². The first-order valence-corrected chi connectivity index (χ1v) is 12.4. The Labute approximate surface area is 195 Å². The van der Waals surface area contributed by atoms with Gasteiger partial charge < -0.3 is 14.7 Å². The number of hydrogen-bond acceptors (Lipinski definition) is 8. The Balaban J connectivity index is 1.96. The van der Waals surface area contributed by atoms with Gasteiger partial charge in [0.1, 0.15) is 17.8 Å². The quantitative estimate of drug-likeness (QED) is 0.429. The number of allylic oxidation sites excluding steroid dienone is 1. The second-order valence-electron chi connectivity index (χ2n) is 7.19. The van der Waals surface area contributed by atoms with Gasteiger partial charge in [-0.2, -0.15) is 0 Å². The van der Waals surface area contributed by atoms with Gasteiger partial charge in [0.25, 0.3) is 21.8 Å². The summed E-state index contributed by atoms with van der Waals surface area (Å²) in [4.78, 5) is 18.1. The number of rotatable bonds is 7. The molecule has 9 nitrogen and oxygen atoms in total. The van der Waals surface area contributed by atoms with E-state index < -0.39 is 15.9 Å². The van der Waals surface area contributed by atoms with Crippen LogP contribution < -0.4 is 10.0 Å². The van der Waals surface area contributed by atoms with E-state index in [1.165, 1.54) is 18.9 Å². The van der Waals surface area contributed by atoms with Crippen LogP contribution in [0, 0.1) is 20.8 Å². The van der Waals surface area contributed by atoms with Gasteiger partial charge in [-0.25, -0.2) is 13.1 Å². The number of benzene rings is 1. The molecule has 172 valence electrons. The number of carbonyl (C=O) groups excluding carboxylic acids is 1. The molecule has 2 N–H and O–H groups in total. The number of nitrogens with one attached hydrogen (secondary N) is 2. The minimum absolute atomic E-state index is 0.0290. The first-order valence-electron chi connectivity index (χ1n) is 9.56. The number of aryl methyl sites for hydroxylation is 3. The van der Waals surface area contributed by atoms with E-state index in [-0.39, 0.29) is 27.1 Å². The number of hydrogen-bond donors (Lipinski definition) is 2. The minimum atomic E-state index is -4.07. The predicted molar refractivity (Wildman–Crippen MR) is 127 cm³/mol. The fourth-order valence-electron chi connectivity index (χ4n) is 3.27. The van der Waals surface area contributed by atoms with Crippen molar-refractivity contribution in [3.63, 3.8) is 0 Å². The minimum Gasteiger partial charge on any atom is -0.399 e. The first-order chi connectivity index (χ1) is 15.0. The van der Waals surface area contributed by atoms with E-state index in [1.54, 1.807) is 13.8 Å². The summed E-state index contributed by atoms with van der Waals surface area (Å²) in [5.74, 6) is -0.256. The molecule has 0 bridgehead atoms. The monoisotopic (exact) mass is 498 g/mol. The lowest BCUT2D eigenvalue weighted by Crippen LogP contribution is -2.21. The van der Waals surface area contributed by atoms with Gasteiger partial charge in [-0.05, 0) is 45.7 Å². The van der Waals surface area contributed by atoms with E-state index in [4.69, 9.17) is 21.0 Å². The third-order valence-corrected chi connectivity index (χ3v) is 7.93. The lowest BCUT2D eigenvalue weighted by Gasteiger charge is -2.16. The molecule has 3 rings (SSSR count). The maximum absolute atomic E-state index is 13.2. The highest BCUT2D eigenvalue weighted by molar-refractivity contribution is 8.06. The summed E-state index contributed by atoms with van der Waals surface area (Å²) < 4.78 is 33.2. The number of anilines is 2. The first kappa shape index (κ1) is 24.1. The lowest BCUT2D eigenvalue weighted by molar-refractivity contribution is -0.112. The van der Waals surface area contributed by atoms with Crippen molar-refractivity contribution in [1.29, 1.82) is 0 Å². The second-order valence-corrected chi connectivity index (χ2v) is 10.4. The van der Waals surface area contributed by atoms with Gasteiger partial charge >= 0.3 is 0 Å². The van der Waals surface area contributed by atoms with Crippen LogP contribution in [0.1, 0.15) is 35.7 Å². The van der Waals surface area contributed by atoms with Crippen LogP contribution in [0.4, 0.5) is 11.6 Å². The van der Waals surface area contributed by atoms with Crippen LogP contribution in [0.25, 0.3) is 0 Å². The van der Waals surface area contributed by atoms with E-state index in [0.717, 1.165) is 11.1 Å². The van der Waals surface area contributed by atoms with Crippen molar-refractivity contribution in [3.8, 4) is 0 Å². The zero-order valence-corrected chi connectivity index (χ0v) is 20.6. The van der Waals surface area contributed by atoms with Crippen molar-refractivity contribution in [2.45, 2.75) is 34.1 Å². The van der Waals surface area contributed by atoms with Crippen molar-refractivity contribution in [2.75, 3.05) is 22.9 Å². The largest absolute Gasteiger partial charge is 0.399 e. The molecule has 1 aliphatic heterocycles. The van der Waals surface area contributed by atoms with E-state index in [0.29, 0.717) is 28.4 Å². The molecular weight excluding hydrogens is 476 g/mol. The van der Waals surface area contributed by atoms with Gasteiger partial charge in [0.2, 0.25) is 0 Å². The van der Waals surface area contributed by atoms with Crippen molar-refractivity contribution in [3.05, 3.63) is 49.3 Å². The Morgan fingerprint density at radius 2 is 2.03 bits per heavy atom. The van der Waals surface area contributed by atoms with Crippen molar-refractivity contribution >= 4 is 56.6 Å². The summed E-state index contributed by atoms with van der Waals surface area (Å²) in [6.45, 7) is 7.14. The molecule has 0 atom stereocenters. The number of thioether (sulfide) groups is 1. The molecule has 1 aliphatic rings. The molecule has 1 aromatic carbocycles. The summed E-state index contributed by atoms with van der Waals surface area (Å²) in [5, 5.41) is 10.5. The molecule has 0 spiro atoms. The number of carbonyl (C=O) groups is 1. The molecule has 12 heteroatoms. The van der Waals surface area contributed by atoms with E-state index in [9.17, 15) is 13.2 Å². The third-order valence-electron chi connectivity index (χ3n) is 4.71. The zero-order chi connectivity index (χ0) is 23.6. The average molecular weight is 499 g/mol. The Hall–Kier alpha value is -2.50. The molecule has 1 amide bonds. The Kier molecular flexibility index (Phi) is 7.21. The Morgan fingerprint density at radius 3 is 2.66 bits per heavy atom. The maximum Gasteiger partial charge on any atom is 0.263 e. The summed E-state index contributed by atoms with van der Waals surface area (Å²) >= 11 is 7.20. The van der Waals surface area contributed by atoms with Crippen LogP contribution in [0.3, 0.4) is 0 Å². The molecule has 0 radical (unpaired) electrons. The van der Waals surface area contributed by atoms with E-state index in [1.807, 2.05) is 26.0 Å². The number of oxime groups is 1. The van der Waals surface area contributed by atoms with Crippen LogP contribution >= 0.6 is 23.4 Å². The highest BCUT2D eigenvalue weighted by Gasteiger charge is 2.33. The van der Waals surface area contributed by atoms with Crippen LogP contribution in [0.15, 0.2) is 31.6 Å². The number of nitrogens with zero attached hydrogens (tertiary/aromatic N) is 2. The molecular formula is C20H23ClN4O5S2. The predicted octanol–water partition coefficient (Wildman–Crippen LogP) is 4.35. The summed E-state index contributed by atoms with van der Waals surface area (Å²) in [6.07, 6.45) is 0.192. The van der Waals surface area contributed by atoms with Gasteiger partial charge in [0.05, 0.1) is 21.2 Å². The zero-order valence-electron chi connectivity index (χ0n) is 18.2. The molecule has 2 heterocycles. The number of amides is 1. The van der Waals surface area contributed by atoms with Crippen molar-refractivity contribution in [2.24, 2.45) is 5.16 Å². The van der Waals surface area contributed by atoms with Crippen LogP contribution in [-0.2, 0) is 19.7 Å². The molecule has 0 aliphatic carbocycles. The van der Waals surface area contributed by atoms with Crippen molar-refractivity contribution < 1.29 is 22.6 Å². The standard InChI is InChI=1S/C20H23ClN4O5S2/c1-10-8-11(2)17(14(9-10)12(3)23-29-5)22-19(26)18-15(6-7-31-18)32(27,28)25-20-16(21)13(4)24-30-20/h8-9,25H,6-7H2,1-5H3,(H,22,26)/b23-12+.